The van der Waals surface area contributed by atoms with Crippen molar-refractivity contribution in [2.24, 2.45) is 0 Å². The number of rotatable bonds is 10. The van der Waals surface area contributed by atoms with E-state index in [2.05, 4.69) is 21.6 Å². The smallest absolute Gasteiger partial charge is 0.790 e. The van der Waals surface area contributed by atoms with Gasteiger partial charge in [0, 0.05) is 0 Å². The second kappa shape index (κ2) is 28.6. The number of hydrogen-bond acceptors (Lipinski definition) is 35. The van der Waals surface area contributed by atoms with Crippen molar-refractivity contribution in [3.63, 3.8) is 0 Å². The first-order chi connectivity index (χ1) is 18.5. The molecule has 0 N–H and O–H groups in total. The van der Waals surface area contributed by atoms with Gasteiger partial charge in [-0.3, -0.25) is 0 Å². The molecule has 0 aromatic carbocycles. The zero-order valence-electron chi connectivity index (χ0n) is 20.5. The van der Waals surface area contributed by atoms with Gasteiger partial charge in [-0.05, 0) is 0 Å². The third-order valence-electron chi connectivity index (χ3n) is 1.000. The van der Waals surface area contributed by atoms with Gasteiger partial charge in [-0.2, -0.15) is 0 Å². The van der Waals surface area contributed by atoms with E-state index in [9.17, 15) is 144 Å². The van der Waals surface area contributed by atoms with Gasteiger partial charge in [0.2, 0.25) is 0 Å². The minimum Gasteiger partial charge on any atom is -0.790 e. The van der Waals surface area contributed by atoms with Crippen LogP contribution in [0, 0.1) is 0 Å². The van der Waals surface area contributed by atoms with Crippen molar-refractivity contribution in [2.75, 3.05) is 0 Å². The van der Waals surface area contributed by atoms with E-state index in [1.807, 2.05) is 0 Å². The van der Waals surface area contributed by atoms with Crippen LogP contribution in [0.3, 0.4) is 0 Å². The van der Waals surface area contributed by atoms with Crippen LogP contribution in [0.4, 0.5) is 0 Å². The minimum absolute atomic E-state index is 0. The maximum absolute atomic E-state index is 9.32. The fraction of sp³-hybridized carbons (Fsp3) is 0. The van der Waals surface area contributed by atoms with E-state index in [0.29, 0.717) is 0 Å². The van der Waals surface area contributed by atoms with Crippen LogP contribution < -0.4 is 97.9 Å². The Labute approximate surface area is 330 Å². The van der Waals surface area contributed by atoms with Gasteiger partial charge in [0.15, 0.2) is 0 Å². The molecule has 49 heavy (non-hydrogen) atoms. The zero-order valence-corrected chi connectivity index (χ0v) is 38.3. The van der Waals surface area contributed by atoms with E-state index >= 15 is 0 Å². The summed E-state index contributed by atoms with van der Waals surface area (Å²) >= 11 is 0. The molecule has 0 aliphatic heterocycles. The standard InChI is InChI=1S/4Nb.5H4O7P2/c;;;;5*1-8(2,3)7-9(4,5)6/h;;;;5*(H2,1,2,3)(H2,4,5,6)/q4*+5;;;;;/p-20. The van der Waals surface area contributed by atoms with Crippen LogP contribution >= 0.6 is 78.2 Å². The molecule has 280 valence electrons. The summed E-state index contributed by atoms with van der Waals surface area (Å²) in [6, 6.07) is 0. The minimum atomic E-state index is -5.68. The molecular formula is Nb4O35P10. The van der Waals surface area contributed by atoms with E-state index in [1.165, 1.54) is 0 Å². The Morgan fingerprint density at radius 1 is 0.184 bits per heavy atom. The average molecular weight is 1240 g/mol. The normalized spacial score (nSPS) is 12.7. The maximum atomic E-state index is 9.32. The van der Waals surface area contributed by atoms with E-state index in [-0.39, 0.29) is 89.5 Å². The summed E-state index contributed by atoms with van der Waals surface area (Å²) in [5.74, 6) is 0. The molecular weight excluding hydrogens is 1240 g/mol. The zero-order chi connectivity index (χ0) is 38.5. The first-order valence-electron chi connectivity index (χ1n) is 7.30. The third kappa shape index (κ3) is 112. The van der Waals surface area contributed by atoms with E-state index < -0.39 is 78.2 Å². The first kappa shape index (κ1) is 74.3. The van der Waals surface area contributed by atoms with E-state index in [0.717, 1.165) is 0 Å². The fourth-order valence-electron chi connectivity index (χ4n) is 0.612. The van der Waals surface area contributed by atoms with Crippen molar-refractivity contribution in [1.29, 1.82) is 0 Å². The van der Waals surface area contributed by atoms with E-state index in [4.69, 9.17) is 0 Å². The van der Waals surface area contributed by atoms with Gasteiger partial charge in [-0.1, -0.05) is 0 Å². The third-order valence-corrected chi connectivity index (χ3v) is 9.00. The van der Waals surface area contributed by atoms with Crippen molar-refractivity contribution < 1.29 is 255 Å². The second-order valence-corrected chi connectivity index (χ2v) is 17.1. The molecule has 0 fully saturated rings. The molecule has 0 bridgehead atoms. The Balaban J connectivity index is -0.0000000571. The quantitative estimate of drug-likeness (QED) is 0.145. The predicted molar refractivity (Wildman–Crippen MR) is 81.5 cm³/mol. The van der Waals surface area contributed by atoms with Crippen molar-refractivity contribution >= 4 is 78.2 Å². The molecule has 0 heterocycles. The number of hydrogen-bond donors (Lipinski definition) is 0. The molecule has 35 nitrogen and oxygen atoms in total. The molecule has 0 amide bonds. The molecule has 0 rings (SSSR count). The Morgan fingerprint density at radius 3 is 0.224 bits per heavy atom. The van der Waals surface area contributed by atoms with Crippen molar-refractivity contribution in [3.8, 4) is 0 Å². The Morgan fingerprint density at radius 2 is 0.224 bits per heavy atom. The summed E-state index contributed by atoms with van der Waals surface area (Å²) in [5.41, 5.74) is 0. The van der Waals surface area contributed by atoms with Gasteiger partial charge in [-0.15, -0.1) is 0 Å². The van der Waals surface area contributed by atoms with Crippen LogP contribution in [-0.4, -0.2) is 0 Å². The molecule has 0 aromatic rings. The summed E-state index contributed by atoms with van der Waals surface area (Å²) in [6.45, 7) is 0. The topological polar surface area (TPSA) is 678 Å². The molecule has 0 aliphatic rings. The van der Waals surface area contributed by atoms with Crippen LogP contribution in [0.15, 0.2) is 0 Å². The van der Waals surface area contributed by atoms with Crippen LogP contribution in [0.2, 0.25) is 0 Å². The molecule has 0 aliphatic carbocycles. The average Bonchev–Trinajstić information content (AvgIpc) is 2.36. The summed E-state index contributed by atoms with van der Waals surface area (Å²) in [6.07, 6.45) is 0. The molecule has 0 radical (unpaired) electrons. The molecule has 49 heteroatoms. The molecule has 0 saturated carbocycles. The summed E-state index contributed by atoms with van der Waals surface area (Å²) in [5, 5.41) is 0. The number of phosphoric acid groups is 10. The van der Waals surface area contributed by atoms with Gasteiger partial charge in [-0.25, -0.2) is 0 Å². The Hall–Kier alpha value is 4.26. The Bertz CT molecular complexity index is 1000. The largest absolute Gasteiger partial charge is 5.00 e. The Kier molecular flexibility index (Phi) is 43.4. The van der Waals surface area contributed by atoms with Crippen molar-refractivity contribution in [1.82, 2.24) is 0 Å². The van der Waals surface area contributed by atoms with E-state index in [1.54, 1.807) is 0 Å². The summed E-state index contributed by atoms with van der Waals surface area (Å²) < 4.78 is 106. The summed E-state index contributed by atoms with van der Waals surface area (Å²) in [4.78, 5) is 186. The maximum Gasteiger partial charge on any atom is 5.00 e. The van der Waals surface area contributed by atoms with Gasteiger partial charge in [0.25, 0.3) is 0 Å². The van der Waals surface area contributed by atoms with Gasteiger partial charge in [0.1, 0.15) is 0 Å². The van der Waals surface area contributed by atoms with Crippen LogP contribution in [0.25, 0.3) is 0 Å². The summed E-state index contributed by atoms with van der Waals surface area (Å²) in [7, 11) is -56.8. The monoisotopic (exact) mass is 1240 g/mol. The molecule has 0 saturated heterocycles. The molecule has 0 spiro atoms. The van der Waals surface area contributed by atoms with Gasteiger partial charge >= 0.3 is 89.5 Å². The van der Waals surface area contributed by atoms with Crippen LogP contribution in [0.5, 0.6) is 0 Å². The molecule has 0 unspecified atom stereocenters. The molecule has 0 aromatic heterocycles. The SMILES string of the molecule is O=P([O-])([O-])OP(=O)([O-])[O-].O=P([O-])([O-])OP(=O)([O-])[O-].O=P([O-])([O-])OP(=O)([O-])[O-].O=P([O-])([O-])OP(=O)([O-])[O-].O=P([O-])([O-])OP(=O)([O-])[O-].[Nb+5].[Nb+5].[Nb+5].[Nb+5]. The molecule has 0 atom stereocenters. The second-order valence-electron chi connectivity index (χ2n) is 4.88. The first-order valence-corrected chi connectivity index (χ1v) is 21.9. The van der Waals surface area contributed by atoms with Crippen LogP contribution in [0.1, 0.15) is 0 Å². The fourth-order valence-corrected chi connectivity index (χ4v) is 5.51. The van der Waals surface area contributed by atoms with Crippen molar-refractivity contribution in [3.05, 3.63) is 0 Å². The van der Waals surface area contributed by atoms with Gasteiger partial charge in [0.05, 0.1) is 78.2 Å². The van der Waals surface area contributed by atoms with Crippen molar-refractivity contribution in [2.45, 2.75) is 0 Å². The predicted octanol–water partition coefficient (Wildman–Crippen LogP) is -16.7. The van der Waals surface area contributed by atoms with Gasteiger partial charge < -0.3 is 165 Å². The van der Waals surface area contributed by atoms with Crippen LogP contribution in [-0.2, 0) is 157 Å².